The molecule has 0 atom stereocenters. The van der Waals surface area contributed by atoms with Gasteiger partial charge < -0.3 is 9.64 Å². The Morgan fingerprint density at radius 2 is 1.71 bits per heavy atom. The number of ether oxygens (including phenoxy) is 1. The zero-order chi connectivity index (χ0) is 18.0. The second-order valence-corrected chi connectivity index (χ2v) is 10.3. The van der Waals surface area contributed by atoms with Crippen molar-refractivity contribution in [2.75, 3.05) is 18.8 Å². The minimum atomic E-state index is -3.12. The Morgan fingerprint density at radius 1 is 1.17 bits per heavy atom. The van der Waals surface area contributed by atoms with Crippen molar-refractivity contribution >= 4 is 16.1 Å². The lowest BCUT2D eigenvalue weighted by atomic mass is 9.67. The molecule has 1 amide bonds. The molecule has 0 bridgehead atoms. The van der Waals surface area contributed by atoms with Gasteiger partial charge in [-0.15, -0.1) is 0 Å². The van der Waals surface area contributed by atoms with Crippen LogP contribution < -0.4 is 4.72 Å². The summed E-state index contributed by atoms with van der Waals surface area (Å²) in [6.45, 7) is 8.79. The SMILES string of the molecule is CCS(=O)(=O)NC1CCC2(CC1)CCN(C(=O)OC(C)(C)C)CC2. The third-order valence-electron chi connectivity index (χ3n) is 5.25. The summed E-state index contributed by atoms with van der Waals surface area (Å²) in [4.78, 5) is 14.0. The van der Waals surface area contributed by atoms with Gasteiger partial charge in [0.05, 0.1) is 5.75 Å². The van der Waals surface area contributed by atoms with Gasteiger partial charge in [0.15, 0.2) is 0 Å². The van der Waals surface area contributed by atoms with Crippen molar-refractivity contribution in [2.45, 2.75) is 77.9 Å². The standard InChI is InChI=1S/C17H32N2O4S/c1-5-24(21,22)18-14-6-8-17(9-7-14)10-12-19(13-11-17)15(20)23-16(2,3)4/h14,18H,5-13H2,1-4H3. The molecule has 1 aliphatic carbocycles. The Balaban J connectivity index is 1.82. The van der Waals surface area contributed by atoms with E-state index in [4.69, 9.17) is 4.74 Å². The first kappa shape index (κ1) is 19.5. The number of rotatable bonds is 3. The minimum absolute atomic E-state index is 0.0736. The predicted octanol–water partition coefficient (Wildman–Crippen LogP) is 2.89. The number of likely N-dealkylation sites (tertiary alicyclic amines) is 1. The number of nitrogens with one attached hydrogen (secondary N) is 1. The molecule has 1 aliphatic heterocycles. The highest BCUT2D eigenvalue weighted by molar-refractivity contribution is 7.89. The van der Waals surface area contributed by atoms with Gasteiger partial charge in [-0.05, 0) is 71.6 Å². The maximum atomic E-state index is 12.2. The number of carbonyl (C=O) groups is 1. The normalized spacial score (nSPS) is 22.6. The Bertz CT molecular complexity index is 535. The van der Waals surface area contributed by atoms with Crippen molar-refractivity contribution in [2.24, 2.45) is 5.41 Å². The third kappa shape index (κ3) is 5.34. The summed E-state index contributed by atoms with van der Waals surface area (Å²) in [6, 6.07) is 0.0736. The molecule has 1 N–H and O–H groups in total. The number of hydrogen-bond donors (Lipinski definition) is 1. The molecule has 6 nitrogen and oxygen atoms in total. The van der Waals surface area contributed by atoms with E-state index in [1.165, 1.54) is 0 Å². The molecule has 0 radical (unpaired) electrons. The Labute approximate surface area is 146 Å². The molecule has 1 spiro atoms. The number of sulfonamides is 1. The number of carbonyl (C=O) groups excluding carboxylic acids is 1. The second-order valence-electron chi connectivity index (χ2n) is 8.26. The molecule has 1 heterocycles. The van der Waals surface area contributed by atoms with Crippen LogP contribution in [0.15, 0.2) is 0 Å². The van der Waals surface area contributed by atoms with Crippen LogP contribution in [0.1, 0.15) is 66.2 Å². The molecule has 0 unspecified atom stereocenters. The molecule has 1 saturated heterocycles. The lowest BCUT2D eigenvalue weighted by Gasteiger charge is -2.46. The van der Waals surface area contributed by atoms with Crippen molar-refractivity contribution in [3.63, 3.8) is 0 Å². The van der Waals surface area contributed by atoms with Crippen LogP contribution in [0, 0.1) is 5.41 Å². The first-order valence-corrected chi connectivity index (χ1v) is 10.7. The van der Waals surface area contributed by atoms with Gasteiger partial charge in [-0.25, -0.2) is 17.9 Å². The molecule has 1 saturated carbocycles. The lowest BCUT2D eigenvalue weighted by Crippen LogP contribution is -2.48. The molecule has 2 aliphatic rings. The summed E-state index contributed by atoms with van der Waals surface area (Å²) < 4.78 is 31.7. The van der Waals surface area contributed by atoms with Crippen LogP contribution in [0.2, 0.25) is 0 Å². The molecular formula is C17H32N2O4S. The van der Waals surface area contributed by atoms with Crippen LogP contribution in [-0.2, 0) is 14.8 Å². The fourth-order valence-corrected chi connectivity index (χ4v) is 4.59. The highest BCUT2D eigenvalue weighted by Crippen LogP contribution is 2.44. The molecule has 0 aromatic heterocycles. The monoisotopic (exact) mass is 360 g/mol. The fourth-order valence-electron chi connectivity index (χ4n) is 3.68. The minimum Gasteiger partial charge on any atom is -0.444 e. The maximum absolute atomic E-state index is 12.2. The molecule has 140 valence electrons. The van der Waals surface area contributed by atoms with Gasteiger partial charge in [-0.2, -0.15) is 0 Å². The van der Waals surface area contributed by atoms with E-state index in [1.54, 1.807) is 6.92 Å². The van der Waals surface area contributed by atoms with Crippen molar-refractivity contribution in [3.8, 4) is 0 Å². The zero-order valence-electron chi connectivity index (χ0n) is 15.4. The van der Waals surface area contributed by atoms with Crippen molar-refractivity contribution in [1.82, 2.24) is 9.62 Å². The van der Waals surface area contributed by atoms with E-state index in [9.17, 15) is 13.2 Å². The summed E-state index contributed by atoms with van der Waals surface area (Å²) in [6.07, 6.45) is 5.61. The lowest BCUT2D eigenvalue weighted by molar-refractivity contribution is 0.00326. The van der Waals surface area contributed by atoms with Gasteiger partial charge in [-0.3, -0.25) is 0 Å². The zero-order valence-corrected chi connectivity index (χ0v) is 16.2. The Hall–Kier alpha value is -0.820. The average molecular weight is 361 g/mol. The van der Waals surface area contributed by atoms with E-state index in [0.717, 1.165) is 51.6 Å². The van der Waals surface area contributed by atoms with E-state index < -0.39 is 15.6 Å². The van der Waals surface area contributed by atoms with Crippen LogP contribution in [0.4, 0.5) is 4.79 Å². The second kappa shape index (κ2) is 7.20. The van der Waals surface area contributed by atoms with Crippen molar-refractivity contribution in [3.05, 3.63) is 0 Å². The van der Waals surface area contributed by atoms with Crippen LogP contribution in [0.25, 0.3) is 0 Å². The largest absolute Gasteiger partial charge is 0.444 e. The van der Waals surface area contributed by atoms with Crippen molar-refractivity contribution in [1.29, 1.82) is 0 Å². The van der Waals surface area contributed by atoms with E-state index in [-0.39, 0.29) is 23.3 Å². The van der Waals surface area contributed by atoms with Crippen LogP contribution >= 0.6 is 0 Å². The van der Waals surface area contributed by atoms with Gasteiger partial charge in [0, 0.05) is 19.1 Å². The number of nitrogens with zero attached hydrogens (tertiary/aromatic N) is 1. The molecule has 2 fully saturated rings. The highest BCUT2D eigenvalue weighted by atomic mass is 32.2. The number of hydrogen-bond acceptors (Lipinski definition) is 4. The van der Waals surface area contributed by atoms with Crippen LogP contribution in [-0.4, -0.2) is 49.9 Å². The molecule has 0 aromatic carbocycles. The van der Waals surface area contributed by atoms with Gasteiger partial charge in [0.1, 0.15) is 5.60 Å². The van der Waals surface area contributed by atoms with Gasteiger partial charge in [0.25, 0.3) is 0 Å². The number of amides is 1. The summed E-state index contributed by atoms with van der Waals surface area (Å²) in [5.41, 5.74) is -0.187. The topological polar surface area (TPSA) is 75.7 Å². The van der Waals surface area contributed by atoms with E-state index in [0.29, 0.717) is 0 Å². The molecule has 7 heteroatoms. The Kier molecular flexibility index (Phi) is 5.85. The quantitative estimate of drug-likeness (QED) is 0.840. The van der Waals surface area contributed by atoms with E-state index >= 15 is 0 Å². The third-order valence-corrected chi connectivity index (χ3v) is 6.70. The summed E-state index contributed by atoms with van der Waals surface area (Å²) >= 11 is 0. The highest BCUT2D eigenvalue weighted by Gasteiger charge is 2.40. The summed E-state index contributed by atoms with van der Waals surface area (Å²) in [5, 5.41) is 0. The fraction of sp³-hybridized carbons (Fsp3) is 0.941. The first-order chi connectivity index (χ1) is 11.0. The molecule has 0 aromatic rings. The smallest absolute Gasteiger partial charge is 0.410 e. The molecule has 2 rings (SSSR count). The van der Waals surface area contributed by atoms with Crippen LogP contribution in [0.5, 0.6) is 0 Å². The van der Waals surface area contributed by atoms with Gasteiger partial charge >= 0.3 is 6.09 Å². The predicted molar refractivity (Wildman–Crippen MR) is 94.3 cm³/mol. The number of piperidine rings is 1. The van der Waals surface area contributed by atoms with Crippen molar-refractivity contribution < 1.29 is 17.9 Å². The summed E-state index contributed by atoms with van der Waals surface area (Å²) in [7, 11) is -3.12. The van der Waals surface area contributed by atoms with E-state index in [2.05, 4.69) is 4.72 Å². The maximum Gasteiger partial charge on any atom is 0.410 e. The molecular weight excluding hydrogens is 328 g/mol. The van der Waals surface area contributed by atoms with Gasteiger partial charge in [-0.1, -0.05) is 0 Å². The summed E-state index contributed by atoms with van der Waals surface area (Å²) in [5.74, 6) is 0.138. The van der Waals surface area contributed by atoms with Gasteiger partial charge in [0.2, 0.25) is 10.0 Å². The van der Waals surface area contributed by atoms with Crippen LogP contribution in [0.3, 0.4) is 0 Å². The Morgan fingerprint density at radius 3 is 2.17 bits per heavy atom. The molecule has 24 heavy (non-hydrogen) atoms. The van der Waals surface area contributed by atoms with E-state index in [1.807, 2.05) is 25.7 Å². The average Bonchev–Trinajstić information content (AvgIpc) is 2.49. The first-order valence-electron chi connectivity index (χ1n) is 9.02.